The van der Waals surface area contributed by atoms with E-state index in [4.69, 9.17) is 10.8 Å². The molecule has 2 unspecified atom stereocenters. The van der Waals surface area contributed by atoms with Gasteiger partial charge in [0.05, 0.1) is 0 Å². The number of rotatable bonds is 3. The van der Waals surface area contributed by atoms with Crippen LogP contribution in [0.3, 0.4) is 0 Å². The van der Waals surface area contributed by atoms with Crippen LogP contribution < -0.4 is 5.73 Å². The van der Waals surface area contributed by atoms with E-state index in [2.05, 4.69) is 0 Å². The number of aliphatic hydroxyl groups is 1. The average molecular weight is 241 g/mol. The number of aliphatic carboxylic acids is 1. The van der Waals surface area contributed by atoms with Gasteiger partial charge >= 0.3 is 5.97 Å². The SMILES string of the molecule is NC(C(=O)O)C(O)c1csc2c1CCCC2. The average Bonchev–Trinajstić information content (AvgIpc) is 2.70. The van der Waals surface area contributed by atoms with Crippen LogP contribution in [0.15, 0.2) is 5.38 Å². The smallest absolute Gasteiger partial charge is 0.323 e. The summed E-state index contributed by atoms with van der Waals surface area (Å²) >= 11 is 1.60. The summed E-state index contributed by atoms with van der Waals surface area (Å²) in [5, 5.41) is 20.5. The largest absolute Gasteiger partial charge is 0.480 e. The molecule has 1 aliphatic rings. The lowest BCUT2D eigenvalue weighted by Crippen LogP contribution is -2.36. The van der Waals surface area contributed by atoms with Gasteiger partial charge in [-0.25, -0.2) is 0 Å². The minimum absolute atomic E-state index is 0.717. The van der Waals surface area contributed by atoms with Gasteiger partial charge in [-0.15, -0.1) is 11.3 Å². The minimum atomic E-state index is -1.24. The molecule has 1 aromatic rings. The molecule has 0 radical (unpaired) electrons. The Morgan fingerprint density at radius 2 is 2.12 bits per heavy atom. The maximum absolute atomic E-state index is 10.7. The first-order valence-corrected chi connectivity index (χ1v) is 6.25. The van der Waals surface area contributed by atoms with Crippen molar-refractivity contribution in [1.29, 1.82) is 0 Å². The van der Waals surface area contributed by atoms with E-state index in [1.54, 1.807) is 11.3 Å². The van der Waals surface area contributed by atoms with Gasteiger partial charge in [0.2, 0.25) is 0 Å². The Labute approximate surface area is 97.7 Å². The molecule has 0 amide bonds. The fraction of sp³-hybridized carbons (Fsp3) is 0.545. The number of carboxylic acid groups (broad SMARTS) is 1. The summed E-state index contributed by atoms with van der Waals surface area (Å²) in [6.07, 6.45) is 3.16. The molecule has 1 aliphatic carbocycles. The highest BCUT2D eigenvalue weighted by Gasteiger charge is 2.28. The van der Waals surface area contributed by atoms with E-state index in [0.717, 1.165) is 30.4 Å². The first kappa shape index (κ1) is 11.6. The topological polar surface area (TPSA) is 83.6 Å². The summed E-state index contributed by atoms with van der Waals surface area (Å²) in [6.45, 7) is 0. The van der Waals surface area contributed by atoms with Crippen LogP contribution in [0.5, 0.6) is 0 Å². The van der Waals surface area contributed by atoms with Crippen LogP contribution in [-0.4, -0.2) is 22.2 Å². The first-order valence-electron chi connectivity index (χ1n) is 5.37. The summed E-state index contributed by atoms with van der Waals surface area (Å²) in [6, 6.07) is -1.24. The molecule has 4 N–H and O–H groups in total. The molecule has 0 bridgehead atoms. The number of aliphatic hydroxyl groups excluding tert-OH is 1. The lowest BCUT2D eigenvalue weighted by Gasteiger charge is -2.18. The number of thiophene rings is 1. The van der Waals surface area contributed by atoms with Gasteiger partial charge in [0, 0.05) is 4.88 Å². The molecule has 1 aromatic heterocycles. The number of hydrogen-bond donors (Lipinski definition) is 3. The zero-order valence-electron chi connectivity index (χ0n) is 8.85. The molecule has 0 aliphatic heterocycles. The van der Waals surface area contributed by atoms with Crippen LogP contribution in [0.4, 0.5) is 0 Å². The van der Waals surface area contributed by atoms with Crippen LogP contribution in [0.25, 0.3) is 0 Å². The zero-order chi connectivity index (χ0) is 11.7. The molecule has 2 atom stereocenters. The lowest BCUT2D eigenvalue weighted by molar-refractivity contribution is -0.141. The second-order valence-electron chi connectivity index (χ2n) is 4.11. The Bertz CT molecular complexity index is 402. The fourth-order valence-electron chi connectivity index (χ4n) is 2.10. The Morgan fingerprint density at radius 3 is 2.81 bits per heavy atom. The van der Waals surface area contributed by atoms with E-state index in [1.165, 1.54) is 11.3 Å². The molecule has 0 fully saturated rings. The molecule has 1 heterocycles. The van der Waals surface area contributed by atoms with Crippen molar-refractivity contribution in [2.24, 2.45) is 5.73 Å². The standard InChI is InChI=1S/C11H15NO3S/c12-9(11(14)15)10(13)7-5-16-8-4-2-1-3-6(7)8/h5,9-10,13H,1-4,12H2,(H,14,15). The Morgan fingerprint density at radius 1 is 1.44 bits per heavy atom. The molecule has 5 heteroatoms. The Kier molecular flexibility index (Phi) is 3.28. The van der Waals surface area contributed by atoms with Crippen LogP contribution in [0.2, 0.25) is 0 Å². The van der Waals surface area contributed by atoms with Crippen molar-refractivity contribution < 1.29 is 15.0 Å². The molecule has 0 spiro atoms. The molecular formula is C11H15NO3S. The summed E-state index contributed by atoms with van der Waals surface area (Å²) in [7, 11) is 0. The van der Waals surface area contributed by atoms with E-state index < -0.39 is 18.1 Å². The number of hydrogen-bond acceptors (Lipinski definition) is 4. The first-order chi connectivity index (χ1) is 7.61. The normalized spacial score (nSPS) is 18.9. The van der Waals surface area contributed by atoms with Gasteiger partial charge in [0.1, 0.15) is 12.1 Å². The highest BCUT2D eigenvalue weighted by molar-refractivity contribution is 7.10. The number of nitrogens with two attached hydrogens (primary N) is 1. The molecule has 4 nitrogen and oxygen atoms in total. The Hall–Kier alpha value is -0.910. The fourth-order valence-corrected chi connectivity index (χ4v) is 3.27. The van der Waals surface area contributed by atoms with Crippen LogP contribution >= 0.6 is 11.3 Å². The molecular weight excluding hydrogens is 226 g/mol. The molecule has 0 saturated heterocycles. The number of fused-ring (bicyclic) bond motifs is 1. The van der Waals surface area contributed by atoms with E-state index in [0.29, 0.717) is 0 Å². The van der Waals surface area contributed by atoms with Crippen LogP contribution in [0.1, 0.15) is 34.9 Å². The van der Waals surface area contributed by atoms with Crippen molar-refractivity contribution in [2.45, 2.75) is 37.8 Å². The highest BCUT2D eigenvalue weighted by Crippen LogP contribution is 2.34. The third-order valence-electron chi connectivity index (χ3n) is 3.04. The zero-order valence-corrected chi connectivity index (χ0v) is 9.67. The maximum Gasteiger partial charge on any atom is 0.323 e. The summed E-state index contributed by atoms with van der Waals surface area (Å²) < 4.78 is 0. The van der Waals surface area contributed by atoms with E-state index in [-0.39, 0.29) is 0 Å². The minimum Gasteiger partial charge on any atom is -0.480 e. The van der Waals surface area contributed by atoms with E-state index >= 15 is 0 Å². The van der Waals surface area contributed by atoms with Gasteiger partial charge in [0.15, 0.2) is 0 Å². The summed E-state index contributed by atoms with van der Waals surface area (Å²) in [5.41, 5.74) is 7.28. The number of carboxylic acids is 1. The molecule has 88 valence electrons. The highest BCUT2D eigenvalue weighted by atomic mass is 32.1. The van der Waals surface area contributed by atoms with Crippen molar-refractivity contribution in [1.82, 2.24) is 0 Å². The van der Waals surface area contributed by atoms with Crippen LogP contribution in [-0.2, 0) is 17.6 Å². The van der Waals surface area contributed by atoms with Crippen molar-refractivity contribution in [3.63, 3.8) is 0 Å². The Balaban J connectivity index is 2.26. The summed E-state index contributed by atoms with van der Waals surface area (Å²) in [5.74, 6) is -1.16. The van der Waals surface area contributed by atoms with E-state index in [9.17, 15) is 9.90 Å². The second kappa shape index (κ2) is 4.53. The van der Waals surface area contributed by atoms with Gasteiger partial charge in [-0.3, -0.25) is 4.79 Å². The van der Waals surface area contributed by atoms with Crippen LogP contribution in [0, 0.1) is 0 Å². The van der Waals surface area contributed by atoms with Crippen molar-refractivity contribution in [3.05, 3.63) is 21.4 Å². The van der Waals surface area contributed by atoms with Gasteiger partial charge in [-0.2, -0.15) is 0 Å². The van der Waals surface area contributed by atoms with E-state index in [1.807, 2.05) is 5.38 Å². The molecule has 0 aromatic carbocycles. The third-order valence-corrected chi connectivity index (χ3v) is 4.14. The number of aryl methyl sites for hydroxylation is 1. The molecule has 2 rings (SSSR count). The maximum atomic E-state index is 10.7. The third kappa shape index (κ3) is 1.98. The van der Waals surface area contributed by atoms with Gasteiger partial charge < -0.3 is 15.9 Å². The van der Waals surface area contributed by atoms with Gasteiger partial charge in [-0.05, 0) is 42.2 Å². The van der Waals surface area contributed by atoms with Crippen molar-refractivity contribution in [2.75, 3.05) is 0 Å². The quantitative estimate of drug-likeness (QED) is 0.739. The number of carbonyl (C=O) groups is 1. The predicted octanol–water partition coefficient (Wildman–Crippen LogP) is 1.07. The monoisotopic (exact) mass is 241 g/mol. The lowest BCUT2D eigenvalue weighted by atomic mass is 9.92. The second-order valence-corrected chi connectivity index (χ2v) is 5.07. The van der Waals surface area contributed by atoms with Gasteiger partial charge in [0.25, 0.3) is 0 Å². The predicted molar refractivity (Wildman–Crippen MR) is 61.5 cm³/mol. The molecule has 16 heavy (non-hydrogen) atoms. The van der Waals surface area contributed by atoms with Crippen molar-refractivity contribution in [3.8, 4) is 0 Å². The van der Waals surface area contributed by atoms with Crippen molar-refractivity contribution >= 4 is 17.3 Å². The molecule has 0 saturated carbocycles. The summed E-state index contributed by atoms with van der Waals surface area (Å²) in [4.78, 5) is 12.0. The van der Waals surface area contributed by atoms with Gasteiger partial charge in [-0.1, -0.05) is 0 Å².